The van der Waals surface area contributed by atoms with Crippen molar-refractivity contribution in [3.8, 4) is 11.1 Å². The van der Waals surface area contributed by atoms with Crippen LogP contribution in [0.3, 0.4) is 0 Å². The molecule has 2 aromatic carbocycles. The highest BCUT2D eigenvalue weighted by atomic mass is 16.6. The summed E-state index contributed by atoms with van der Waals surface area (Å²) in [5, 5.41) is 9.67. The molecule has 5 rings (SSSR count). The number of nitrogens with one attached hydrogen (secondary N) is 1. The van der Waals surface area contributed by atoms with Crippen LogP contribution in [-0.4, -0.2) is 33.7 Å². The first-order chi connectivity index (χ1) is 14.0. The number of aliphatic carboxylic acids is 1. The van der Waals surface area contributed by atoms with Gasteiger partial charge in [-0.15, -0.1) is 0 Å². The number of aryl methyl sites for hydroxylation is 1. The van der Waals surface area contributed by atoms with Gasteiger partial charge >= 0.3 is 12.1 Å². The maximum atomic E-state index is 12.8. The van der Waals surface area contributed by atoms with Gasteiger partial charge in [-0.1, -0.05) is 48.5 Å². The van der Waals surface area contributed by atoms with E-state index in [1.807, 2.05) is 31.2 Å². The lowest BCUT2D eigenvalue weighted by molar-refractivity contribution is -0.142. The van der Waals surface area contributed by atoms with Gasteiger partial charge in [0.1, 0.15) is 6.61 Å². The molecule has 1 atom stereocenters. The number of H-pyrrole nitrogens is 1. The lowest BCUT2D eigenvalue weighted by atomic mass is 9.98. The fraction of sp³-hybridized carbons (Fsp3) is 0.217. The van der Waals surface area contributed by atoms with Crippen LogP contribution >= 0.6 is 0 Å². The van der Waals surface area contributed by atoms with E-state index in [1.54, 1.807) is 6.07 Å². The second kappa shape index (κ2) is 6.51. The molecular weight excluding hydrogens is 368 g/mol. The van der Waals surface area contributed by atoms with Crippen LogP contribution in [0.15, 0.2) is 54.6 Å². The van der Waals surface area contributed by atoms with Crippen LogP contribution < -0.4 is 0 Å². The van der Waals surface area contributed by atoms with E-state index in [4.69, 9.17) is 4.74 Å². The average Bonchev–Trinajstić information content (AvgIpc) is 3.34. The normalized spacial score (nSPS) is 17.0. The number of carbonyl (C=O) groups excluding carboxylic acids is 1. The Labute approximate surface area is 167 Å². The summed E-state index contributed by atoms with van der Waals surface area (Å²) < 4.78 is 5.64. The Hall–Kier alpha value is -3.54. The molecule has 1 aromatic heterocycles. The number of nitrogens with zero attached hydrogens (tertiary/aromatic N) is 1. The predicted octanol–water partition coefficient (Wildman–Crippen LogP) is 4.21. The number of benzene rings is 2. The summed E-state index contributed by atoms with van der Waals surface area (Å²) in [5.74, 6) is -1.12. The first-order valence-corrected chi connectivity index (χ1v) is 9.57. The van der Waals surface area contributed by atoms with Crippen molar-refractivity contribution in [1.29, 1.82) is 0 Å². The van der Waals surface area contributed by atoms with Gasteiger partial charge in [-0.05, 0) is 35.2 Å². The van der Waals surface area contributed by atoms with Gasteiger partial charge in [-0.25, -0.2) is 9.59 Å². The van der Waals surface area contributed by atoms with Gasteiger partial charge in [0.05, 0.1) is 6.54 Å². The standard InChI is InChI=1S/C23H20N2O4/c1-13-10-18-20(24-13)11-25(21(18)22(26)27)23(28)29-12-19-16-8-4-2-6-14(16)15-7-3-5-9-17(15)19/h2-10,19,21,24H,11-12H2,1H3,(H,26,27)/t21-/m0/s1. The lowest BCUT2D eigenvalue weighted by Gasteiger charge is -2.23. The highest BCUT2D eigenvalue weighted by Crippen LogP contribution is 2.44. The number of carbonyl (C=O) groups is 2. The van der Waals surface area contributed by atoms with Gasteiger partial charge in [0, 0.05) is 22.9 Å². The average molecular weight is 388 g/mol. The van der Waals surface area contributed by atoms with Gasteiger partial charge in [0.15, 0.2) is 6.04 Å². The number of ether oxygens (including phenoxy) is 1. The number of fused-ring (bicyclic) bond motifs is 4. The quantitative estimate of drug-likeness (QED) is 0.704. The third-order valence-corrected chi connectivity index (χ3v) is 5.81. The van der Waals surface area contributed by atoms with Crippen LogP contribution in [0, 0.1) is 6.92 Å². The first kappa shape index (κ1) is 17.6. The molecule has 146 valence electrons. The number of hydrogen-bond donors (Lipinski definition) is 2. The molecule has 0 bridgehead atoms. The number of aromatic amines is 1. The molecule has 2 aliphatic rings. The lowest BCUT2D eigenvalue weighted by Crippen LogP contribution is -2.35. The number of amides is 1. The minimum Gasteiger partial charge on any atom is -0.479 e. The summed E-state index contributed by atoms with van der Waals surface area (Å²) >= 11 is 0. The Morgan fingerprint density at radius 2 is 1.69 bits per heavy atom. The molecule has 1 aliphatic heterocycles. The number of carboxylic acid groups (broad SMARTS) is 1. The number of rotatable bonds is 3. The van der Waals surface area contributed by atoms with Crippen molar-refractivity contribution in [3.05, 3.63) is 82.7 Å². The van der Waals surface area contributed by atoms with Crippen LogP contribution in [0.25, 0.3) is 11.1 Å². The maximum absolute atomic E-state index is 12.8. The van der Waals surface area contributed by atoms with E-state index >= 15 is 0 Å². The van der Waals surface area contributed by atoms with Crippen molar-refractivity contribution < 1.29 is 19.4 Å². The Morgan fingerprint density at radius 1 is 1.07 bits per heavy atom. The van der Waals surface area contributed by atoms with E-state index in [2.05, 4.69) is 29.2 Å². The molecule has 6 heteroatoms. The zero-order valence-electron chi connectivity index (χ0n) is 15.9. The maximum Gasteiger partial charge on any atom is 0.411 e. The summed E-state index contributed by atoms with van der Waals surface area (Å²) in [6.07, 6.45) is -0.610. The molecule has 0 saturated heterocycles. The van der Waals surface area contributed by atoms with Crippen molar-refractivity contribution in [1.82, 2.24) is 9.88 Å². The molecule has 29 heavy (non-hydrogen) atoms. The summed E-state index contributed by atoms with van der Waals surface area (Å²) in [7, 11) is 0. The van der Waals surface area contributed by atoms with Crippen molar-refractivity contribution in [2.45, 2.75) is 25.4 Å². The van der Waals surface area contributed by atoms with Gasteiger partial charge in [0.25, 0.3) is 0 Å². The van der Waals surface area contributed by atoms with E-state index in [1.165, 1.54) is 4.90 Å². The smallest absolute Gasteiger partial charge is 0.411 e. The van der Waals surface area contributed by atoms with Crippen LogP contribution in [0.5, 0.6) is 0 Å². The Morgan fingerprint density at radius 3 is 2.31 bits per heavy atom. The minimum atomic E-state index is -1.06. The van der Waals surface area contributed by atoms with Crippen molar-refractivity contribution >= 4 is 12.1 Å². The van der Waals surface area contributed by atoms with E-state index in [9.17, 15) is 14.7 Å². The fourth-order valence-electron chi connectivity index (χ4n) is 4.58. The van der Waals surface area contributed by atoms with Crippen LogP contribution in [0.1, 0.15) is 40.0 Å². The topological polar surface area (TPSA) is 82.6 Å². The molecule has 0 radical (unpaired) electrons. The zero-order chi connectivity index (χ0) is 20.1. The molecule has 2 N–H and O–H groups in total. The van der Waals surface area contributed by atoms with Crippen LogP contribution in [0.4, 0.5) is 4.79 Å². The van der Waals surface area contributed by atoms with E-state index in [-0.39, 0.29) is 19.1 Å². The van der Waals surface area contributed by atoms with Gasteiger partial charge in [-0.3, -0.25) is 4.90 Å². The first-order valence-electron chi connectivity index (χ1n) is 9.57. The predicted molar refractivity (Wildman–Crippen MR) is 107 cm³/mol. The molecular formula is C23H20N2O4. The second-order valence-electron chi connectivity index (χ2n) is 7.56. The van der Waals surface area contributed by atoms with Gasteiger partial charge in [0.2, 0.25) is 0 Å². The Kier molecular flexibility index (Phi) is 3.94. The van der Waals surface area contributed by atoms with E-state index in [0.717, 1.165) is 33.6 Å². The molecule has 0 unspecified atom stereocenters. The Balaban J connectivity index is 1.38. The third-order valence-electron chi connectivity index (χ3n) is 5.81. The molecule has 0 spiro atoms. The van der Waals surface area contributed by atoms with Gasteiger partial charge in [-0.2, -0.15) is 0 Å². The van der Waals surface area contributed by atoms with E-state index < -0.39 is 18.1 Å². The molecule has 1 aliphatic carbocycles. The van der Waals surface area contributed by atoms with Crippen LogP contribution in [-0.2, 0) is 16.1 Å². The minimum absolute atomic E-state index is 0.0581. The van der Waals surface area contributed by atoms with Crippen molar-refractivity contribution in [3.63, 3.8) is 0 Å². The highest BCUT2D eigenvalue weighted by Gasteiger charge is 2.41. The molecule has 6 nitrogen and oxygen atoms in total. The van der Waals surface area contributed by atoms with Crippen molar-refractivity contribution in [2.24, 2.45) is 0 Å². The Bertz CT molecular complexity index is 1090. The summed E-state index contributed by atoms with van der Waals surface area (Å²) in [5.41, 5.74) is 6.82. The largest absolute Gasteiger partial charge is 0.479 e. The number of aromatic nitrogens is 1. The number of carboxylic acids is 1. The van der Waals surface area contributed by atoms with E-state index in [0.29, 0.717) is 5.56 Å². The zero-order valence-corrected chi connectivity index (χ0v) is 15.9. The monoisotopic (exact) mass is 388 g/mol. The molecule has 0 fully saturated rings. The van der Waals surface area contributed by atoms with Gasteiger partial charge < -0.3 is 14.8 Å². The third kappa shape index (κ3) is 2.71. The fourth-order valence-corrected chi connectivity index (χ4v) is 4.58. The molecule has 2 heterocycles. The molecule has 1 amide bonds. The number of hydrogen-bond acceptors (Lipinski definition) is 3. The van der Waals surface area contributed by atoms with Crippen molar-refractivity contribution in [2.75, 3.05) is 6.61 Å². The second-order valence-corrected chi connectivity index (χ2v) is 7.56. The van der Waals surface area contributed by atoms with Crippen LogP contribution in [0.2, 0.25) is 0 Å². The summed E-state index contributed by atoms with van der Waals surface area (Å²) in [6, 6.07) is 17.0. The molecule has 0 saturated carbocycles. The summed E-state index contributed by atoms with van der Waals surface area (Å²) in [6.45, 7) is 2.24. The highest BCUT2D eigenvalue weighted by molar-refractivity contribution is 5.84. The SMILES string of the molecule is Cc1cc2c([nH]1)CN(C(=O)OCC1c3ccccc3-c3ccccc31)[C@@H]2C(=O)O. The summed E-state index contributed by atoms with van der Waals surface area (Å²) in [4.78, 5) is 29.0. The molecule has 3 aromatic rings.